The van der Waals surface area contributed by atoms with Crippen molar-refractivity contribution in [2.45, 2.75) is 72.4 Å². The zero-order chi connectivity index (χ0) is 15.9. The van der Waals surface area contributed by atoms with E-state index < -0.39 is 16.5 Å². The Labute approximate surface area is 121 Å². The highest BCUT2D eigenvalue weighted by Crippen LogP contribution is 2.38. The van der Waals surface area contributed by atoms with E-state index in [9.17, 15) is 14.8 Å². The molecule has 0 N–H and O–H groups in total. The minimum atomic E-state index is -1.12. The number of hydrogen-bond donors (Lipinski definition) is 0. The molecule has 5 heteroatoms. The van der Waals surface area contributed by atoms with Crippen LogP contribution in [-0.4, -0.2) is 39.4 Å². The second-order valence-corrected chi connectivity index (χ2v) is 7.29. The highest BCUT2D eigenvalue weighted by Gasteiger charge is 2.57. The molecule has 1 aliphatic heterocycles. The predicted molar refractivity (Wildman–Crippen MR) is 76.1 cm³/mol. The van der Waals surface area contributed by atoms with E-state index >= 15 is 0 Å². The molecule has 0 aliphatic carbocycles. The number of rotatable bonds is 2. The molecular formula is C15H27N2O3. The van der Waals surface area contributed by atoms with E-state index in [1.807, 2.05) is 13.8 Å². The van der Waals surface area contributed by atoms with Gasteiger partial charge in [0.15, 0.2) is 0 Å². The summed E-state index contributed by atoms with van der Waals surface area (Å²) < 4.78 is 0. The first-order valence-corrected chi connectivity index (χ1v) is 7.28. The van der Waals surface area contributed by atoms with Crippen LogP contribution >= 0.6 is 0 Å². The normalized spacial score (nSPS) is 23.0. The van der Waals surface area contributed by atoms with Gasteiger partial charge in [0, 0.05) is 12.0 Å². The maximum atomic E-state index is 12.8. The number of carbonyl (C=O) groups excluding carboxylic acids is 2. The van der Waals surface area contributed by atoms with Gasteiger partial charge in [-0.25, -0.2) is 0 Å². The van der Waals surface area contributed by atoms with Crippen LogP contribution in [0.1, 0.15) is 61.3 Å². The van der Waals surface area contributed by atoms with Crippen molar-refractivity contribution in [3.05, 3.63) is 0 Å². The van der Waals surface area contributed by atoms with E-state index in [2.05, 4.69) is 0 Å². The number of piperazine rings is 1. The summed E-state index contributed by atoms with van der Waals surface area (Å²) in [6.45, 7) is 12.7. The number of imide groups is 1. The summed E-state index contributed by atoms with van der Waals surface area (Å²) in [6, 6.07) is 0. The highest BCUT2D eigenvalue weighted by atomic mass is 16.5. The second kappa shape index (κ2) is 5.11. The first-order valence-electron chi connectivity index (χ1n) is 7.28. The third-order valence-corrected chi connectivity index (χ3v) is 4.18. The molecule has 0 bridgehead atoms. The van der Waals surface area contributed by atoms with Gasteiger partial charge < -0.3 is 0 Å². The van der Waals surface area contributed by atoms with Crippen molar-refractivity contribution in [2.75, 3.05) is 6.54 Å². The third kappa shape index (κ3) is 2.49. The standard InChI is InChI=1S/C15H27N2O3/c1-8-15(9-2)12(19)16(11(18)13(3,4)5)10-14(6,7)17(15)20/h8-10H2,1-7H3. The fourth-order valence-corrected chi connectivity index (χ4v) is 2.85. The van der Waals surface area contributed by atoms with Crippen LogP contribution in [0.25, 0.3) is 0 Å². The van der Waals surface area contributed by atoms with Crippen molar-refractivity contribution in [3.8, 4) is 0 Å². The maximum absolute atomic E-state index is 12.8. The van der Waals surface area contributed by atoms with Crippen molar-refractivity contribution >= 4 is 11.8 Å². The lowest BCUT2D eigenvalue weighted by Gasteiger charge is -2.52. The van der Waals surface area contributed by atoms with Crippen molar-refractivity contribution in [1.29, 1.82) is 0 Å². The van der Waals surface area contributed by atoms with E-state index in [0.717, 1.165) is 5.06 Å². The van der Waals surface area contributed by atoms with Crippen LogP contribution in [0.15, 0.2) is 0 Å². The topological polar surface area (TPSA) is 60.5 Å². The summed E-state index contributed by atoms with van der Waals surface area (Å²) in [5.41, 5.74) is -2.52. The van der Waals surface area contributed by atoms with Crippen LogP contribution in [0.3, 0.4) is 0 Å². The molecule has 0 atom stereocenters. The molecule has 0 spiro atoms. The second-order valence-electron chi connectivity index (χ2n) is 7.29. The van der Waals surface area contributed by atoms with Crippen LogP contribution in [0.4, 0.5) is 0 Å². The molecule has 0 unspecified atom stereocenters. The van der Waals surface area contributed by atoms with Crippen molar-refractivity contribution in [2.24, 2.45) is 5.41 Å². The van der Waals surface area contributed by atoms with Crippen LogP contribution in [0.2, 0.25) is 0 Å². The Balaban J connectivity index is 3.31. The summed E-state index contributed by atoms with van der Waals surface area (Å²) >= 11 is 0. The minimum absolute atomic E-state index is 0.146. The molecule has 1 radical (unpaired) electrons. The van der Waals surface area contributed by atoms with Gasteiger partial charge in [-0.15, -0.1) is 10.3 Å². The van der Waals surface area contributed by atoms with Gasteiger partial charge in [0.05, 0.1) is 5.54 Å². The summed E-state index contributed by atoms with van der Waals surface area (Å²) in [5.74, 6) is -0.563. The molecule has 2 amide bonds. The molecule has 5 nitrogen and oxygen atoms in total. The maximum Gasteiger partial charge on any atom is 0.252 e. The number of amides is 2. The van der Waals surface area contributed by atoms with Gasteiger partial charge >= 0.3 is 0 Å². The predicted octanol–water partition coefficient (Wildman–Crippen LogP) is 2.39. The number of hydrogen-bond acceptors (Lipinski definition) is 3. The van der Waals surface area contributed by atoms with Crippen molar-refractivity contribution < 1.29 is 14.8 Å². The first-order chi connectivity index (χ1) is 8.94. The zero-order valence-corrected chi connectivity index (χ0v) is 13.7. The lowest BCUT2D eigenvalue weighted by Crippen LogP contribution is -2.73. The number of nitrogens with zero attached hydrogens (tertiary/aromatic N) is 2. The summed E-state index contributed by atoms with van der Waals surface area (Å²) in [4.78, 5) is 26.6. The molecule has 115 valence electrons. The van der Waals surface area contributed by atoms with E-state index in [4.69, 9.17) is 0 Å². The van der Waals surface area contributed by atoms with Crippen LogP contribution in [0.5, 0.6) is 0 Å². The van der Waals surface area contributed by atoms with Crippen molar-refractivity contribution in [1.82, 2.24) is 9.96 Å². The van der Waals surface area contributed by atoms with Gasteiger partial charge in [-0.3, -0.25) is 14.5 Å². The van der Waals surface area contributed by atoms with Gasteiger partial charge in [-0.2, -0.15) is 0 Å². The van der Waals surface area contributed by atoms with Crippen LogP contribution in [-0.2, 0) is 14.8 Å². The average molecular weight is 283 g/mol. The van der Waals surface area contributed by atoms with Gasteiger partial charge in [-0.1, -0.05) is 34.6 Å². The summed E-state index contributed by atoms with van der Waals surface area (Å²) in [7, 11) is 0. The number of hydroxylamine groups is 2. The lowest BCUT2D eigenvalue weighted by atomic mass is 9.81. The molecule has 0 saturated carbocycles. The molecule has 1 heterocycles. The molecule has 1 fully saturated rings. The van der Waals surface area contributed by atoms with Crippen LogP contribution in [0, 0.1) is 5.41 Å². The molecule has 1 aliphatic rings. The fourth-order valence-electron chi connectivity index (χ4n) is 2.85. The molecule has 20 heavy (non-hydrogen) atoms. The third-order valence-electron chi connectivity index (χ3n) is 4.18. The van der Waals surface area contributed by atoms with Gasteiger partial charge in [0.1, 0.15) is 5.54 Å². The zero-order valence-electron chi connectivity index (χ0n) is 13.7. The minimum Gasteiger partial charge on any atom is -0.279 e. The van der Waals surface area contributed by atoms with E-state index in [0.29, 0.717) is 12.8 Å². The van der Waals surface area contributed by atoms with E-state index in [1.54, 1.807) is 34.6 Å². The Bertz CT molecular complexity index is 406. The van der Waals surface area contributed by atoms with Crippen LogP contribution < -0.4 is 0 Å². The highest BCUT2D eigenvalue weighted by molar-refractivity contribution is 6.02. The fraction of sp³-hybridized carbons (Fsp3) is 0.867. The van der Waals surface area contributed by atoms with E-state index in [-0.39, 0.29) is 18.4 Å². The monoisotopic (exact) mass is 283 g/mol. The number of carbonyl (C=O) groups is 2. The lowest BCUT2D eigenvalue weighted by molar-refractivity contribution is -0.292. The van der Waals surface area contributed by atoms with Crippen molar-refractivity contribution in [3.63, 3.8) is 0 Å². The molecule has 0 aromatic carbocycles. The van der Waals surface area contributed by atoms with E-state index in [1.165, 1.54) is 4.90 Å². The van der Waals surface area contributed by atoms with Gasteiger partial charge in [-0.05, 0) is 26.7 Å². The van der Waals surface area contributed by atoms with Gasteiger partial charge in [0.25, 0.3) is 5.91 Å². The van der Waals surface area contributed by atoms with Gasteiger partial charge in [0.2, 0.25) is 5.91 Å². The molecule has 1 rings (SSSR count). The smallest absolute Gasteiger partial charge is 0.252 e. The Morgan fingerprint density at radius 2 is 1.65 bits per heavy atom. The quantitative estimate of drug-likeness (QED) is 0.781. The average Bonchev–Trinajstić information content (AvgIpc) is 2.34. The first kappa shape index (κ1) is 17.1. The molecule has 0 aromatic heterocycles. The summed E-state index contributed by atoms with van der Waals surface area (Å²) in [5, 5.41) is 13.5. The largest absolute Gasteiger partial charge is 0.279 e. The molecule has 0 aromatic rings. The Morgan fingerprint density at radius 3 is 2.00 bits per heavy atom. The Kier molecular flexibility index (Phi) is 4.38. The molecule has 1 saturated heterocycles. The SMILES string of the molecule is CCC1(CC)C(=O)N(C(=O)C(C)(C)C)CC(C)(C)N1[O]. The summed E-state index contributed by atoms with van der Waals surface area (Å²) in [6.07, 6.45) is 0.812. The Hall–Kier alpha value is -0.940. The Morgan fingerprint density at radius 1 is 1.20 bits per heavy atom. The molecular weight excluding hydrogens is 256 g/mol.